The van der Waals surface area contributed by atoms with Crippen molar-refractivity contribution >= 4 is 16.6 Å². The van der Waals surface area contributed by atoms with Crippen LogP contribution in [0.25, 0.3) is 10.9 Å². The van der Waals surface area contributed by atoms with Gasteiger partial charge in [0.2, 0.25) is 0 Å². The van der Waals surface area contributed by atoms with Gasteiger partial charge in [0.15, 0.2) is 0 Å². The number of aromatic amines is 1. The summed E-state index contributed by atoms with van der Waals surface area (Å²) in [7, 11) is 0. The van der Waals surface area contributed by atoms with Gasteiger partial charge in [-0.2, -0.15) is 0 Å². The molecule has 0 saturated carbocycles. The molecule has 0 radical (unpaired) electrons. The van der Waals surface area contributed by atoms with Crippen molar-refractivity contribution in [2.75, 3.05) is 11.9 Å². The highest BCUT2D eigenvalue weighted by atomic mass is 16.1. The first-order valence-electron chi connectivity index (χ1n) is 6.02. The number of unbranched alkanes of at least 4 members (excludes halogenated alkanes) is 2. The second-order valence-electron chi connectivity index (χ2n) is 4.12. The molecule has 0 aliphatic carbocycles. The first kappa shape index (κ1) is 11.6. The van der Waals surface area contributed by atoms with Crippen LogP contribution >= 0.6 is 0 Å². The summed E-state index contributed by atoms with van der Waals surface area (Å²) >= 11 is 0. The van der Waals surface area contributed by atoms with E-state index in [1.807, 2.05) is 18.2 Å². The van der Waals surface area contributed by atoms with Crippen molar-refractivity contribution in [3.05, 3.63) is 34.9 Å². The molecule has 0 saturated heterocycles. The molecule has 1 aromatic carbocycles. The number of nitrogens with zero attached hydrogens (tertiary/aromatic N) is 1. The van der Waals surface area contributed by atoms with Crippen molar-refractivity contribution < 1.29 is 0 Å². The van der Waals surface area contributed by atoms with Crippen LogP contribution in [-0.4, -0.2) is 16.5 Å². The summed E-state index contributed by atoms with van der Waals surface area (Å²) in [5.41, 5.74) is 1.59. The highest BCUT2D eigenvalue weighted by Gasteiger charge is 1.97. The zero-order valence-corrected chi connectivity index (χ0v) is 9.99. The van der Waals surface area contributed by atoms with Gasteiger partial charge in [0.1, 0.15) is 0 Å². The highest BCUT2D eigenvalue weighted by molar-refractivity contribution is 5.81. The minimum absolute atomic E-state index is 0.304. The molecule has 2 aromatic rings. The van der Waals surface area contributed by atoms with Gasteiger partial charge in [-0.15, -0.1) is 0 Å². The Hall–Kier alpha value is -1.84. The Kier molecular flexibility index (Phi) is 3.75. The number of aromatic nitrogens is 2. The quantitative estimate of drug-likeness (QED) is 0.777. The molecule has 4 heteroatoms. The first-order chi connectivity index (χ1) is 8.29. The third-order valence-corrected chi connectivity index (χ3v) is 2.72. The van der Waals surface area contributed by atoms with E-state index >= 15 is 0 Å². The van der Waals surface area contributed by atoms with E-state index in [0.717, 1.165) is 23.1 Å². The lowest BCUT2D eigenvalue weighted by Crippen LogP contribution is -2.08. The third kappa shape index (κ3) is 3.06. The summed E-state index contributed by atoms with van der Waals surface area (Å²) < 4.78 is 0. The van der Waals surface area contributed by atoms with Crippen molar-refractivity contribution in [3.63, 3.8) is 0 Å². The summed E-state index contributed by atoms with van der Waals surface area (Å²) in [6.45, 7) is 3.17. The molecule has 0 fully saturated rings. The maximum atomic E-state index is 11.0. The van der Waals surface area contributed by atoms with Crippen molar-refractivity contribution in [3.8, 4) is 0 Å². The summed E-state index contributed by atoms with van der Waals surface area (Å²) in [6, 6.07) is 5.88. The number of anilines is 1. The fraction of sp³-hybridized carbons (Fsp3) is 0.385. The van der Waals surface area contributed by atoms with Crippen LogP contribution in [0.2, 0.25) is 0 Å². The van der Waals surface area contributed by atoms with Crippen LogP contribution in [-0.2, 0) is 0 Å². The summed E-state index contributed by atoms with van der Waals surface area (Å²) in [5.74, 6) is 0. The lowest BCUT2D eigenvalue weighted by Gasteiger charge is -2.06. The molecule has 0 atom stereocenters. The van der Waals surface area contributed by atoms with E-state index < -0.39 is 0 Å². The van der Waals surface area contributed by atoms with E-state index in [1.165, 1.54) is 19.3 Å². The normalized spacial score (nSPS) is 10.6. The number of nitrogens with one attached hydrogen (secondary N) is 2. The topological polar surface area (TPSA) is 57.8 Å². The summed E-state index contributed by atoms with van der Waals surface area (Å²) in [6.07, 6.45) is 5.25. The molecular weight excluding hydrogens is 214 g/mol. The van der Waals surface area contributed by atoms with E-state index in [-0.39, 0.29) is 5.69 Å². The van der Waals surface area contributed by atoms with Crippen LogP contribution in [0.1, 0.15) is 26.2 Å². The van der Waals surface area contributed by atoms with E-state index in [2.05, 4.69) is 22.2 Å². The molecule has 2 N–H and O–H groups in total. The fourth-order valence-corrected chi connectivity index (χ4v) is 1.78. The zero-order chi connectivity index (χ0) is 12.1. The number of hydrogen-bond donors (Lipinski definition) is 2. The van der Waals surface area contributed by atoms with Gasteiger partial charge in [0, 0.05) is 23.8 Å². The number of H-pyrrole nitrogens is 1. The van der Waals surface area contributed by atoms with Gasteiger partial charge in [-0.1, -0.05) is 19.8 Å². The Balaban J connectivity index is 2.09. The van der Waals surface area contributed by atoms with Gasteiger partial charge < -0.3 is 10.3 Å². The number of rotatable bonds is 5. The van der Waals surface area contributed by atoms with Crippen LogP contribution in [0, 0.1) is 0 Å². The standard InChI is InChI=1S/C13H17N3O/c1-2-3-4-7-14-11-5-6-12-10(8-11)9-15-13(17)16-12/h5-6,8-9,14H,2-4,7H2,1H3,(H,15,16,17). The Morgan fingerprint density at radius 2 is 2.24 bits per heavy atom. The monoisotopic (exact) mass is 231 g/mol. The molecule has 0 bridgehead atoms. The van der Waals surface area contributed by atoms with Gasteiger partial charge in [-0.3, -0.25) is 0 Å². The molecule has 2 rings (SSSR count). The lowest BCUT2D eigenvalue weighted by molar-refractivity contribution is 0.744. The van der Waals surface area contributed by atoms with Crippen molar-refractivity contribution in [1.29, 1.82) is 0 Å². The van der Waals surface area contributed by atoms with Gasteiger partial charge >= 0.3 is 5.69 Å². The Morgan fingerprint density at radius 3 is 3.06 bits per heavy atom. The van der Waals surface area contributed by atoms with Crippen LogP contribution in [0.15, 0.2) is 29.2 Å². The van der Waals surface area contributed by atoms with E-state index in [1.54, 1.807) is 6.20 Å². The fourth-order valence-electron chi connectivity index (χ4n) is 1.78. The lowest BCUT2D eigenvalue weighted by atomic mass is 10.2. The van der Waals surface area contributed by atoms with E-state index in [4.69, 9.17) is 0 Å². The summed E-state index contributed by atoms with van der Waals surface area (Å²) in [5, 5.41) is 4.32. The average Bonchev–Trinajstić information content (AvgIpc) is 2.35. The SMILES string of the molecule is CCCCCNc1ccc2[nH]c(=O)ncc2c1. The number of fused-ring (bicyclic) bond motifs is 1. The van der Waals surface area contributed by atoms with Crippen LogP contribution < -0.4 is 11.0 Å². The number of hydrogen-bond acceptors (Lipinski definition) is 3. The molecule has 1 heterocycles. The van der Waals surface area contributed by atoms with Gasteiger partial charge in [-0.25, -0.2) is 9.78 Å². The molecule has 0 spiro atoms. The van der Waals surface area contributed by atoms with Crippen LogP contribution in [0.4, 0.5) is 5.69 Å². The molecule has 0 aliphatic heterocycles. The van der Waals surface area contributed by atoms with Crippen molar-refractivity contribution in [2.24, 2.45) is 0 Å². The molecular formula is C13H17N3O. The second kappa shape index (κ2) is 5.48. The van der Waals surface area contributed by atoms with Gasteiger partial charge in [0.05, 0.1) is 5.52 Å². The minimum Gasteiger partial charge on any atom is -0.385 e. The first-order valence-corrected chi connectivity index (χ1v) is 6.02. The molecule has 0 amide bonds. The predicted octanol–water partition coefficient (Wildman–Crippen LogP) is 2.53. The summed E-state index contributed by atoms with van der Waals surface area (Å²) in [4.78, 5) is 17.4. The van der Waals surface area contributed by atoms with Crippen molar-refractivity contribution in [1.82, 2.24) is 9.97 Å². The molecule has 17 heavy (non-hydrogen) atoms. The Bertz CT molecular complexity index is 548. The van der Waals surface area contributed by atoms with Crippen LogP contribution in [0.5, 0.6) is 0 Å². The molecule has 4 nitrogen and oxygen atoms in total. The second-order valence-corrected chi connectivity index (χ2v) is 4.12. The molecule has 1 aromatic heterocycles. The predicted molar refractivity (Wildman–Crippen MR) is 70.4 cm³/mol. The smallest absolute Gasteiger partial charge is 0.345 e. The number of benzene rings is 1. The largest absolute Gasteiger partial charge is 0.385 e. The van der Waals surface area contributed by atoms with Crippen LogP contribution in [0.3, 0.4) is 0 Å². The molecule has 90 valence electrons. The molecule has 0 unspecified atom stereocenters. The maximum Gasteiger partial charge on any atom is 0.345 e. The van der Waals surface area contributed by atoms with Crippen molar-refractivity contribution in [2.45, 2.75) is 26.2 Å². The highest BCUT2D eigenvalue weighted by Crippen LogP contribution is 2.15. The van der Waals surface area contributed by atoms with E-state index in [9.17, 15) is 4.79 Å². The maximum absolute atomic E-state index is 11.0. The van der Waals surface area contributed by atoms with Gasteiger partial charge in [0.25, 0.3) is 0 Å². The average molecular weight is 231 g/mol. The Labute approximate surface area is 100 Å². The van der Waals surface area contributed by atoms with E-state index in [0.29, 0.717) is 0 Å². The zero-order valence-electron chi connectivity index (χ0n) is 9.99. The minimum atomic E-state index is -0.304. The molecule has 0 aliphatic rings. The van der Waals surface area contributed by atoms with Gasteiger partial charge in [-0.05, 0) is 24.6 Å². The Morgan fingerprint density at radius 1 is 1.35 bits per heavy atom. The third-order valence-electron chi connectivity index (χ3n) is 2.72.